The summed E-state index contributed by atoms with van der Waals surface area (Å²) in [5, 5.41) is 9.88. The summed E-state index contributed by atoms with van der Waals surface area (Å²) in [7, 11) is 1.99. The zero-order valence-corrected chi connectivity index (χ0v) is 14.1. The van der Waals surface area contributed by atoms with Gasteiger partial charge in [-0.3, -0.25) is 9.88 Å². The van der Waals surface area contributed by atoms with E-state index in [9.17, 15) is 4.79 Å². The first-order valence-electron chi connectivity index (χ1n) is 8.04. The molecule has 0 saturated carbocycles. The summed E-state index contributed by atoms with van der Waals surface area (Å²) in [5.41, 5.74) is 0.867. The van der Waals surface area contributed by atoms with Gasteiger partial charge in [-0.2, -0.15) is 4.98 Å². The highest BCUT2D eigenvalue weighted by molar-refractivity contribution is 5.74. The molecule has 8 nitrogen and oxygen atoms in total. The molecular weight excluding hydrogens is 308 g/mol. The Hall–Kier alpha value is -2.48. The highest BCUT2D eigenvalue weighted by atomic mass is 16.5. The summed E-state index contributed by atoms with van der Waals surface area (Å²) in [6.45, 7) is 4.60. The Balaban J connectivity index is 1.65. The third-order valence-corrected chi connectivity index (χ3v) is 3.97. The van der Waals surface area contributed by atoms with Crippen molar-refractivity contribution in [3.63, 3.8) is 0 Å². The number of likely N-dealkylation sites (tertiary alicyclic amines) is 1. The third kappa shape index (κ3) is 3.70. The van der Waals surface area contributed by atoms with Gasteiger partial charge in [0, 0.05) is 36.6 Å². The van der Waals surface area contributed by atoms with E-state index in [-0.39, 0.29) is 24.2 Å². The minimum atomic E-state index is -0.146. The van der Waals surface area contributed by atoms with Crippen LogP contribution in [-0.2, 0) is 0 Å². The lowest BCUT2D eigenvalue weighted by Gasteiger charge is -2.15. The Morgan fingerprint density at radius 2 is 2.12 bits per heavy atom. The number of carbonyl (C=O) groups is 1. The second-order valence-corrected chi connectivity index (χ2v) is 6.35. The maximum Gasteiger partial charge on any atom is 0.315 e. The van der Waals surface area contributed by atoms with Crippen LogP contribution in [-0.4, -0.2) is 51.7 Å². The first kappa shape index (κ1) is 16.4. The van der Waals surface area contributed by atoms with Crippen molar-refractivity contribution < 1.29 is 9.32 Å². The monoisotopic (exact) mass is 330 g/mol. The van der Waals surface area contributed by atoms with Gasteiger partial charge in [0.1, 0.15) is 0 Å². The molecule has 3 heterocycles. The molecule has 0 aromatic carbocycles. The van der Waals surface area contributed by atoms with Gasteiger partial charge in [0.25, 0.3) is 0 Å². The molecule has 0 spiro atoms. The Bertz CT molecular complexity index is 687. The highest BCUT2D eigenvalue weighted by Crippen LogP contribution is 2.30. The Morgan fingerprint density at radius 1 is 1.38 bits per heavy atom. The van der Waals surface area contributed by atoms with Crippen molar-refractivity contribution in [1.29, 1.82) is 0 Å². The average Bonchev–Trinajstić information content (AvgIpc) is 3.14. The van der Waals surface area contributed by atoms with Crippen molar-refractivity contribution in [2.24, 2.45) is 0 Å². The van der Waals surface area contributed by atoms with Gasteiger partial charge >= 0.3 is 6.03 Å². The van der Waals surface area contributed by atoms with Gasteiger partial charge in [-0.25, -0.2) is 4.79 Å². The van der Waals surface area contributed by atoms with Crippen LogP contribution in [0.25, 0.3) is 11.4 Å². The molecule has 24 heavy (non-hydrogen) atoms. The van der Waals surface area contributed by atoms with E-state index in [1.807, 2.05) is 33.0 Å². The molecule has 1 saturated heterocycles. The lowest BCUT2D eigenvalue weighted by molar-refractivity contribution is 0.234. The SMILES string of the molecule is CC(C)NC(=O)N[C@@H]1C[C@@H](c2nc(-c3ccncc3)no2)N(C)C1. The molecule has 0 radical (unpaired) electrons. The van der Waals surface area contributed by atoms with Crippen LogP contribution in [0.3, 0.4) is 0 Å². The van der Waals surface area contributed by atoms with E-state index in [0.29, 0.717) is 11.7 Å². The van der Waals surface area contributed by atoms with Crippen LogP contribution < -0.4 is 10.6 Å². The molecule has 2 aromatic heterocycles. The Kier molecular flexibility index (Phi) is 4.75. The molecule has 2 atom stereocenters. The van der Waals surface area contributed by atoms with Crippen molar-refractivity contribution in [1.82, 2.24) is 30.7 Å². The minimum Gasteiger partial charge on any atom is -0.337 e. The largest absolute Gasteiger partial charge is 0.337 e. The molecule has 2 aromatic rings. The number of hydrogen-bond acceptors (Lipinski definition) is 6. The van der Waals surface area contributed by atoms with E-state index in [4.69, 9.17) is 4.52 Å². The van der Waals surface area contributed by atoms with Gasteiger partial charge in [-0.15, -0.1) is 0 Å². The fraction of sp³-hybridized carbons (Fsp3) is 0.500. The van der Waals surface area contributed by atoms with Gasteiger partial charge in [0.05, 0.1) is 6.04 Å². The van der Waals surface area contributed by atoms with E-state index < -0.39 is 0 Å². The maximum absolute atomic E-state index is 11.9. The molecule has 2 N–H and O–H groups in total. The van der Waals surface area contributed by atoms with E-state index in [1.54, 1.807) is 12.4 Å². The fourth-order valence-electron chi connectivity index (χ4n) is 2.87. The van der Waals surface area contributed by atoms with E-state index in [1.165, 1.54) is 0 Å². The van der Waals surface area contributed by atoms with Crippen LogP contribution >= 0.6 is 0 Å². The number of carbonyl (C=O) groups excluding carboxylic acids is 1. The number of hydrogen-bond donors (Lipinski definition) is 2. The highest BCUT2D eigenvalue weighted by Gasteiger charge is 2.35. The molecule has 1 fully saturated rings. The van der Waals surface area contributed by atoms with Crippen molar-refractivity contribution in [2.75, 3.05) is 13.6 Å². The molecular formula is C16H22N6O2. The van der Waals surface area contributed by atoms with Crippen LogP contribution in [0.1, 0.15) is 32.2 Å². The summed E-state index contributed by atoms with van der Waals surface area (Å²) in [6, 6.07) is 3.69. The molecule has 0 unspecified atom stereocenters. The van der Waals surface area contributed by atoms with Crippen LogP contribution in [0.15, 0.2) is 29.0 Å². The van der Waals surface area contributed by atoms with E-state index in [0.717, 1.165) is 18.5 Å². The van der Waals surface area contributed by atoms with Crippen LogP contribution in [0.5, 0.6) is 0 Å². The quantitative estimate of drug-likeness (QED) is 0.883. The Morgan fingerprint density at radius 3 is 2.83 bits per heavy atom. The molecule has 0 bridgehead atoms. The number of urea groups is 1. The van der Waals surface area contributed by atoms with Gasteiger partial charge in [-0.1, -0.05) is 5.16 Å². The summed E-state index contributed by atoms with van der Waals surface area (Å²) in [6.07, 6.45) is 4.13. The minimum absolute atomic E-state index is 0.00237. The van der Waals surface area contributed by atoms with Gasteiger partial charge < -0.3 is 15.2 Å². The summed E-state index contributed by atoms with van der Waals surface area (Å²) >= 11 is 0. The summed E-state index contributed by atoms with van der Waals surface area (Å²) < 4.78 is 5.44. The number of likely N-dealkylation sites (N-methyl/N-ethyl adjacent to an activating group) is 1. The molecule has 0 aliphatic carbocycles. The smallest absolute Gasteiger partial charge is 0.315 e. The summed E-state index contributed by atoms with van der Waals surface area (Å²) in [4.78, 5) is 22.4. The molecule has 3 rings (SSSR count). The number of nitrogens with one attached hydrogen (secondary N) is 2. The van der Waals surface area contributed by atoms with E-state index in [2.05, 4.69) is 30.7 Å². The number of aromatic nitrogens is 3. The predicted molar refractivity (Wildman–Crippen MR) is 88.1 cm³/mol. The molecule has 1 aliphatic heterocycles. The average molecular weight is 330 g/mol. The number of pyridine rings is 1. The lowest BCUT2D eigenvalue weighted by Crippen LogP contribution is -2.45. The van der Waals surface area contributed by atoms with Crippen LogP contribution in [0.2, 0.25) is 0 Å². The second kappa shape index (κ2) is 6.96. The van der Waals surface area contributed by atoms with E-state index >= 15 is 0 Å². The van der Waals surface area contributed by atoms with Crippen LogP contribution in [0, 0.1) is 0 Å². The Labute approximate surface area is 140 Å². The number of amides is 2. The molecule has 1 aliphatic rings. The first-order valence-corrected chi connectivity index (χ1v) is 8.04. The normalized spacial score (nSPS) is 21.2. The number of rotatable bonds is 4. The van der Waals surface area contributed by atoms with Gasteiger partial charge in [0.15, 0.2) is 0 Å². The van der Waals surface area contributed by atoms with Gasteiger partial charge in [-0.05, 0) is 39.4 Å². The first-order chi connectivity index (χ1) is 11.5. The lowest BCUT2D eigenvalue weighted by atomic mass is 10.1. The van der Waals surface area contributed by atoms with Crippen LogP contribution in [0.4, 0.5) is 4.79 Å². The standard InChI is InChI=1S/C16H22N6O2/c1-10(2)18-16(23)19-12-8-13(22(3)9-12)15-20-14(21-24-15)11-4-6-17-7-5-11/h4-7,10,12-13H,8-9H2,1-3H3,(H2,18,19,23)/t12-,13+/m1/s1. The summed E-state index contributed by atoms with van der Waals surface area (Å²) in [5.74, 6) is 1.12. The van der Waals surface area contributed by atoms with Crippen molar-refractivity contribution in [3.05, 3.63) is 30.4 Å². The van der Waals surface area contributed by atoms with Crippen molar-refractivity contribution >= 4 is 6.03 Å². The third-order valence-electron chi connectivity index (χ3n) is 3.97. The molecule has 8 heteroatoms. The van der Waals surface area contributed by atoms with Crippen molar-refractivity contribution in [2.45, 2.75) is 38.4 Å². The maximum atomic E-state index is 11.9. The molecule has 2 amide bonds. The topological polar surface area (TPSA) is 96.2 Å². The molecule has 128 valence electrons. The second-order valence-electron chi connectivity index (χ2n) is 6.35. The fourth-order valence-corrected chi connectivity index (χ4v) is 2.87. The van der Waals surface area contributed by atoms with Crippen molar-refractivity contribution in [3.8, 4) is 11.4 Å². The zero-order valence-electron chi connectivity index (χ0n) is 14.1. The predicted octanol–water partition coefficient (Wildman–Crippen LogP) is 1.58. The van der Waals surface area contributed by atoms with Gasteiger partial charge in [0.2, 0.25) is 11.7 Å². The number of nitrogens with zero attached hydrogens (tertiary/aromatic N) is 4. The zero-order chi connectivity index (χ0) is 17.1.